The smallest absolute Gasteiger partial charge is 0.265 e. The summed E-state index contributed by atoms with van der Waals surface area (Å²) in [4.78, 5) is 28.0. The molecule has 0 aliphatic carbocycles. The second-order valence-corrected chi connectivity index (χ2v) is 6.41. The zero-order valence-corrected chi connectivity index (χ0v) is 16.0. The van der Waals surface area contributed by atoms with Crippen LogP contribution < -0.4 is 10.1 Å². The van der Waals surface area contributed by atoms with Crippen LogP contribution in [0.1, 0.15) is 0 Å². The predicted molar refractivity (Wildman–Crippen MR) is 112 cm³/mol. The number of nitriles is 1. The van der Waals surface area contributed by atoms with Crippen molar-refractivity contribution in [1.82, 2.24) is 19.9 Å². The van der Waals surface area contributed by atoms with Crippen molar-refractivity contribution in [1.29, 1.82) is 5.26 Å². The summed E-state index contributed by atoms with van der Waals surface area (Å²) < 4.78 is 5.37. The zero-order chi connectivity index (χ0) is 21.1. The summed E-state index contributed by atoms with van der Waals surface area (Å²) in [7, 11) is 1.54. The van der Waals surface area contributed by atoms with E-state index in [0.717, 1.165) is 33.4 Å². The molecule has 4 rings (SSSR count). The molecule has 0 aliphatic heterocycles. The number of carbonyl (C=O) groups is 1. The molecule has 0 saturated carbocycles. The minimum atomic E-state index is -0.568. The van der Waals surface area contributed by atoms with Crippen LogP contribution in [0.4, 0.5) is 5.69 Å². The van der Waals surface area contributed by atoms with Gasteiger partial charge in [0.15, 0.2) is 0 Å². The van der Waals surface area contributed by atoms with E-state index < -0.39 is 5.91 Å². The first-order valence-electron chi connectivity index (χ1n) is 8.92. The molecule has 3 heterocycles. The van der Waals surface area contributed by atoms with Crippen molar-refractivity contribution in [2.45, 2.75) is 0 Å². The van der Waals surface area contributed by atoms with E-state index in [9.17, 15) is 4.79 Å². The molecule has 0 atom stereocenters. The van der Waals surface area contributed by atoms with Gasteiger partial charge in [-0.2, -0.15) is 5.26 Å². The van der Waals surface area contributed by atoms with Gasteiger partial charge in [-0.3, -0.25) is 4.79 Å². The third kappa shape index (κ3) is 3.59. The number of benzene rings is 1. The Morgan fingerprint density at radius 1 is 1.23 bits per heavy atom. The van der Waals surface area contributed by atoms with Crippen molar-refractivity contribution in [2.24, 2.45) is 0 Å². The van der Waals surface area contributed by atoms with E-state index in [1.807, 2.05) is 24.4 Å². The minimum absolute atomic E-state index is 0.177. The van der Waals surface area contributed by atoms with Crippen molar-refractivity contribution in [3.05, 3.63) is 67.4 Å². The molecule has 30 heavy (non-hydrogen) atoms. The van der Waals surface area contributed by atoms with Gasteiger partial charge in [-0.15, -0.1) is 0 Å². The van der Waals surface area contributed by atoms with Crippen LogP contribution in [0, 0.1) is 11.3 Å². The molecule has 1 amide bonds. The third-order valence-electron chi connectivity index (χ3n) is 4.53. The summed E-state index contributed by atoms with van der Waals surface area (Å²) in [6, 6.07) is 10.8. The van der Waals surface area contributed by atoms with Gasteiger partial charge in [-0.25, -0.2) is 15.0 Å². The van der Waals surface area contributed by atoms with E-state index >= 15 is 0 Å². The molecule has 2 N–H and O–H groups in total. The average Bonchev–Trinajstić information content (AvgIpc) is 3.22. The molecule has 0 fully saturated rings. The summed E-state index contributed by atoms with van der Waals surface area (Å²) in [5.41, 5.74) is 4.34. The number of rotatable bonds is 5. The highest BCUT2D eigenvalue weighted by Crippen LogP contribution is 2.33. The number of H-pyrrole nitrogens is 1. The quantitative estimate of drug-likeness (QED) is 0.392. The number of ether oxygens (including phenoxy) is 1. The van der Waals surface area contributed by atoms with E-state index in [4.69, 9.17) is 10.00 Å². The monoisotopic (exact) mass is 396 g/mol. The van der Waals surface area contributed by atoms with Crippen LogP contribution in [0.25, 0.3) is 33.4 Å². The standard InChI is InChI=1S/C22H16N6O2/c1-13(9-23)22(29)28-16-5-14(6-17(8-16)30-2)15-7-18-19(11-26-21(18)25-10-15)20-3-4-24-12-27-20/h3-8,10-12H,1H2,2H3,(H,25,26)(H,28,29). The second-order valence-electron chi connectivity index (χ2n) is 6.41. The highest BCUT2D eigenvalue weighted by Gasteiger charge is 2.13. The number of aromatic nitrogens is 4. The molecule has 8 nitrogen and oxygen atoms in total. The first kappa shape index (κ1) is 18.8. The van der Waals surface area contributed by atoms with Crippen molar-refractivity contribution < 1.29 is 9.53 Å². The van der Waals surface area contributed by atoms with Gasteiger partial charge < -0.3 is 15.0 Å². The largest absolute Gasteiger partial charge is 0.497 e. The maximum atomic E-state index is 12.0. The number of carbonyl (C=O) groups excluding carboxylic acids is 1. The van der Waals surface area contributed by atoms with Crippen molar-refractivity contribution in [3.63, 3.8) is 0 Å². The number of aromatic amines is 1. The number of nitrogens with one attached hydrogen (secondary N) is 2. The summed E-state index contributed by atoms with van der Waals surface area (Å²) in [5.74, 6) is -0.0162. The number of fused-ring (bicyclic) bond motifs is 1. The lowest BCUT2D eigenvalue weighted by atomic mass is 10.0. The second kappa shape index (κ2) is 7.85. The van der Waals surface area contributed by atoms with Crippen molar-refractivity contribution in [3.8, 4) is 34.2 Å². The number of hydrogen-bond donors (Lipinski definition) is 2. The molecular formula is C22H16N6O2. The molecule has 1 aromatic carbocycles. The number of anilines is 1. The van der Waals surface area contributed by atoms with Crippen LogP contribution in [0.15, 0.2) is 67.4 Å². The fourth-order valence-corrected chi connectivity index (χ4v) is 3.04. The molecule has 146 valence electrons. The highest BCUT2D eigenvalue weighted by molar-refractivity contribution is 6.06. The molecule has 0 bridgehead atoms. The first-order valence-corrected chi connectivity index (χ1v) is 8.92. The van der Waals surface area contributed by atoms with Gasteiger partial charge in [0, 0.05) is 46.9 Å². The molecule has 4 aromatic rings. The Hall–Kier alpha value is -4.51. The van der Waals surface area contributed by atoms with E-state index in [1.165, 1.54) is 6.33 Å². The Morgan fingerprint density at radius 3 is 2.83 bits per heavy atom. The van der Waals surface area contributed by atoms with E-state index in [1.54, 1.807) is 37.7 Å². The van der Waals surface area contributed by atoms with Gasteiger partial charge >= 0.3 is 0 Å². The molecule has 0 spiro atoms. The van der Waals surface area contributed by atoms with Crippen LogP contribution in [0.3, 0.4) is 0 Å². The number of methoxy groups -OCH3 is 1. The Balaban J connectivity index is 1.78. The fourth-order valence-electron chi connectivity index (χ4n) is 3.04. The first-order chi connectivity index (χ1) is 14.6. The predicted octanol–water partition coefficient (Wildman–Crippen LogP) is 3.71. The van der Waals surface area contributed by atoms with Gasteiger partial charge in [0.05, 0.1) is 12.8 Å². The Bertz CT molecular complexity index is 1300. The molecule has 0 aliphatic rings. The van der Waals surface area contributed by atoms with E-state index in [-0.39, 0.29) is 5.57 Å². The minimum Gasteiger partial charge on any atom is -0.497 e. The molecular weight excluding hydrogens is 380 g/mol. The van der Waals surface area contributed by atoms with Crippen LogP contribution in [-0.4, -0.2) is 33.0 Å². The summed E-state index contributed by atoms with van der Waals surface area (Å²) in [6.07, 6.45) is 6.77. The fraction of sp³-hybridized carbons (Fsp3) is 0.0455. The Labute approximate surface area is 171 Å². The zero-order valence-electron chi connectivity index (χ0n) is 16.0. The Kier molecular flexibility index (Phi) is 4.93. The van der Waals surface area contributed by atoms with E-state index in [0.29, 0.717) is 11.4 Å². The molecule has 8 heteroatoms. The summed E-state index contributed by atoms with van der Waals surface area (Å²) in [5, 5.41) is 12.4. The molecule has 0 saturated heterocycles. The number of pyridine rings is 1. The number of amides is 1. The maximum Gasteiger partial charge on any atom is 0.265 e. The van der Waals surface area contributed by atoms with Gasteiger partial charge in [-0.05, 0) is 29.8 Å². The maximum absolute atomic E-state index is 12.0. The van der Waals surface area contributed by atoms with Gasteiger partial charge in [0.1, 0.15) is 29.4 Å². The SMILES string of the molecule is C=C(C#N)C(=O)Nc1cc(OC)cc(-c2cnc3[nH]cc(-c4ccncn4)c3c2)c1. The van der Waals surface area contributed by atoms with E-state index in [2.05, 4.69) is 31.8 Å². The normalized spacial score (nSPS) is 10.4. The Morgan fingerprint density at radius 2 is 2.10 bits per heavy atom. The lowest BCUT2D eigenvalue weighted by molar-refractivity contribution is -0.112. The van der Waals surface area contributed by atoms with Gasteiger partial charge in [0.2, 0.25) is 0 Å². The molecule has 0 radical (unpaired) electrons. The molecule has 0 unspecified atom stereocenters. The van der Waals surface area contributed by atoms with Crippen molar-refractivity contribution in [2.75, 3.05) is 12.4 Å². The van der Waals surface area contributed by atoms with Crippen molar-refractivity contribution >= 4 is 22.6 Å². The van der Waals surface area contributed by atoms with Crippen LogP contribution in [0.5, 0.6) is 5.75 Å². The summed E-state index contributed by atoms with van der Waals surface area (Å²) >= 11 is 0. The number of nitrogens with zero attached hydrogens (tertiary/aromatic N) is 4. The third-order valence-corrected chi connectivity index (χ3v) is 4.53. The summed E-state index contributed by atoms with van der Waals surface area (Å²) in [6.45, 7) is 3.43. The van der Waals surface area contributed by atoms with Crippen LogP contribution >= 0.6 is 0 Å². The average molecular weight is 396 g/mol. The highest BCUT2D eigenvalue weighted by atomic mass is 16.5. The number of hydrogen-bond acceptors (Lipinski definition) is 6. The topological polar surface area (TPSA) is 117 Å². The lowest BCUT2D eigenvalue weighted by Crippen LogP contribution is -2.12. The van der Waals surface area contributed by atoms with Crippen LogP contribution in [-0.2, 0) is 4.79 Å². The van der Waals surface area contributed by atoms with Gasteiger partial charge in [-0.1, -0.05) is 6.58 Å². The van der Waals surface area contributed by atoms with Gasteiger partial charge in [0.25, 0.3) is 5.91 Å². The van der Waals surface area contributed by atoms with Crippen LogP contribution in [0.2, 0.25) is 0 Å². The lowest BCUT2D eigenvalue weighted by Gasteiger charge is -2.10. The molecule has 3 aromatic heterocycles.